The highest BCUT2D eigenvalue weighted by Gasteiger charge is 2.13. The van der Waals surface area contributed by atoms with Crippen molar-refractivity contribution < 1.29 is 4.79 Å². The number of rotatable bonds is 8. The molecule has 0 aliphatic heterocycles. The van der Waals surface area contributed by atoms with Gasteiger partial charge in [0.25, 0.3) is 0 Å². The number of thioether (sulfide) groups is 1. The molecule has 8 heteroatoms. The lowest BCUT2D eigenvalue weighted by molar-refractivity contribution is -0.118. The molecule has 0 unspecified atom stereocenters. The number of nitrogen functional groups attached to an aromatic ring is 1. The summed E-state index contributed by atoms with van der Waals surface area (Å²) in [5, 5.41) is 12.2. The largest absolute Gasteiger partial charge is 0.355 e. The molecule has 1 heterocycles. The van der Waals surface area contributed by atoms with Gasteiger partial charge in [0.2, 0.25) is 11.1 Å². The minimum atomic E-state index is -0.0518. The lowest BCUT2D eigenvalue weighted by atomic mass is 10.1. The van der Waals surface area contributed by atoms with Crippen molar-refractivity contribution in [2.75, 3.05) is 18.1 Å². The molecule has 6 nitrogen and oxygen atoms in total. The zero-order valence-corrected chi connectivity index (χ0v) is 16.2. The summed E-state index contributed by atoms with van der Waals surface area (Å²) in [5.74, 6) is 6.76. The van der Waals surface area contributed by atoms with E-state index in [4.69, 9.17) is 17.4 Å². The molecule has 3 rings (SSSR count). The molecular weight excluding hydrogens is 382 g/mol. The standard InChI is InChI=1S/C19H20ClN5OS/c20-16-10-8-15(9-11-16)18-23-24-19(25(18)21)27-13-17(26)22-12-4-7-14-5-2-1-3-6-14/h1-3,5-6,8-11H,4,7,12-13,21H2,(H,22,26). The second-order valence-electron chi connectivity index (χ2n) is 5.91. The van der Waals surface area contributed by atoms with Gasteiger partial charge in [-0.15, -0.1) is 10.2 Å². The highest BCUT2D eigenvalue weighted by molar-refractivity contribution is 7.99. The molecule has 0 aliphatic carbocycles. The number of aromatic nitrogens is 3. The molecule has 0 saturated carbocycles. The van der Waals surface area contributed by atoms with Gasteiger partial charge in [0.05, 0.1) is 5.75 Å². The third kappa shape index (κ3) is 5.48. The molecule has 0 saturated heterocycles. The molecular formula is C19H20ClN5OS. The average Bonchev–Trinajstić information content (AvgIpc) is 3.05. The summed E-state index contributed by atoms with van der Waals surface area (Å²) in [7, 11) is 0. The molecule has 3 aromatic rings. The first-order chi connectivity index (χ1) is 13.1. The van der Waals surface area contributed by atoms with Crippen molar-refractivity contribution in [2.45, 2.75) is 18.0 Å². The first-order valence-electron chi connectivity index (χ1n) is 8.53. The Hall–Kier alpha value is -2.51. The Bertz CT molecular complexity index is 883. The maximum Gasteiger partial charge on any atom is 0.230 e. The Labute approximate surface area is 167 Å². The van der Waals surface area contributed by atoms with E-state index in [1.165, 1.54) is 22.0 Å². The van der Waals surface area contributed by atoms with E-state index in [0.29, 0.717) is 22.5 Å². The van der Waals surface area contributed by atoms with Crippen LogP contribution >= 0.6 is 23.4 Å². The van der Waals surface area contributed by atoms with E-state index in [1.54, 1.807) is 12.1 Å². The van der Waals surface area contributed by atoms with Crippen molar-refractivity contribution in [1.82, 2.24) is 20.2 Å². The number of nitrogens with one attached hydrogen (secondary N) is 1. The van der Waals surface area contributed by atoms with Crippen LogP contribution in [0.25, 0.3) is 11.4 Å². The molecule has 0 aliphatic rings. The highest BCUT2D eigenvalue weighted by Crippen LogP contribution is 2.22. The number of amides is 1. The van der Waals surface area contributed by atoms with Crippen LogP contribution in [0.2, 0.25) is 5.02 Å². The molecule has 3 N–H and O–H groups in total. The smallest absolute Gasteiger partial charge is 0.230 e. The Morgan fingerprint density at radius 1 is 1.11 bits per heavy atom. The van der Waals surface area contributed by atoms with Crippen molar-refractivity contribution in [3.63, 3.8) is 0 Å². The molecule has 1 amide bonds. The SMILES string of the molecule is Nn1c(SCC(=O)NCCCc2ccccc2)nnc1-c1ccc(Cl)cc1. The van der Waals surface area contributed by atoms with Gasteiger partial charge in [-0.2, -0.15) is 0 Å². The first-order valence-corrected chi connectivity index (χ1v) is 9.89. The number of nitrogens with zero attached hydrogens (tertiary/aromatic N) is 3. The van der Waals surface area contributed by atoms with Crippen LogP contribution in [-0.4, -0.2) is 33.1 Å². The predicted octanol–water partition coefficient (Wildman–Crippen LogP) is 3.15. The summed E-state index contributed by atoms with van der Waals surface area (Å²) in [5.41, 5.74) is 2.08. The fourth-order valence-electron chi connectivity index (χ4n) is 2.52. The zero-order chi connectivity index (χ0) is 19.1. The number of halogens is 1. The number of benzene rings is 2. The lowest BCUT2D eigenvalue weighted by Gasteiger charge is -2.06. The fourth-order valence-corrected chi connectivity index (χ4v) is 3.33. The van der Waals surface area contributed by atoms with Crippen molar-refractivity contribution in [2.24, 2.45) is 0 Å². The van der Waals surface area contributed by atoms with Gasteiger partial charge in [0.1, 0.15) is 0 Å². The van der Waals surface area contributed by atoms with Gasteiger partial charge in [-0.3, -0.25) is 4.79 Å². The molecule has 2 aromatic carbocycles. The Morgan fingerprint density at radius 3 is 2.59 bits per heavy atom. The molecule has 0 fully saturated rings. The van der Waals surface area contributed by atoms with Crippen molar-refractivity contribution in [1.29, 1.82) is 0 Å². The number of carbonyl (C=O) groups excluding carboxylic acids is 1. The van der Waals surface area contributed by atoms with E-state index in [-0.39, 0.29) is 11.7 Å². The summed E-state index contributed by atoms with van der Waals surface area (Å²) >= 11 is 7.15. The van der Waals surface area contributed by atoms with Gasteiger partial charge in [-0.1, -0.05) is 53.7 Å². The summed E-state index contributed by atoms with van der Waals surface area (Å²) in [6.07, 6.45) is 1.84. The number of hydrogen-bond acceptors (Lipinski definition) is 5. The predicted molar refractivity (Wildman–Crippen MR) is 109 cm³/mol. The second-order valence-corrected chi connectivity index (χ2v) is 7.29. The van der Waals surface area contributed by atoms with Crippen LogP contribution in [0, 0.1) is 0 Å². The van der Waals surface area contributed by atoms with Gasteiger partial charge in [0.15, 0.2) is 5.82 Å². The zero-order valence-electron chi connectivity index (χ0n) is 14.6. The molecule has 27 heavy (non-hydrogen) atoms. The number of carbonyl (C=O) groups is 1. The Balaban J connectivity index is 1.44. The van der Waals surface area contributed by atoms with Crippen LogP contribution in [0.3, 0.4) is 0 Å². The van der Waals surface area contributed by atoms with E-state index in [9.17, 15) is 4.79 Å². The number of hydrogen-bond donors (Lipinski definition) is 2. The van der Waals surface area contributed by atoms with Crippen LogP contribution in [0.15, 0.2) is 59.8 Å². The fraction of sp³-hybridized carbons (Fsp3) is 0.211. The summed E-state index contributed by atoms with van der Waals surface area (Å²) in [4.78, 5) is 12.0. The quantitative estimate of drug-likeness (QED) is 0.344. The number of nitrogens with two attached hydrogens (primary N) is 1. The van der Waals surface area contributed by atoms with E-state index in [1.807, 2.05) is 30.3 Å². The molecule has 0 radical (unpaired) electrons. The van der Waals surface area contributed by atoms with Crippen molar-refractivity contribution in [3.8, 4) is 11.4 Å². The first kappa shape index (κ1) is 19.3. The maximum atomic E-state index is 12.0. The maximum absolute atomic E-state index is 12.0. The van der Waals surface area contributed by atoms with Gasteiger partial charge >= 0.3 is 0 Å². The van der Waals surface area contributed by atoms with Crippen LogP contribution < -0.4 is 11.2 Å². The van der Waals surface area contributed by atoms with Crippen LogP contribution in [0.1, 0.15) is 12.0 Å². The normalized spacial score (nSPS) is 10.7. The van der Waals surface area contributed by atoms with Gasteiger partial charge in [0, 0.05) is 17.1 Å². The Morgan fingerprint density at radius 2 is 1.85 bits per heavy atom. The van der Waals surface area contributed by atoms with Crippen molar-refractivity contribution in [3.05, 3.63) is 65.2 Å². The third-order valence-corrected chi connectivity index (χ3v) is 5.10. The van der Waals surface area contributed by atoms with E-state index < -0.39 is 0 Å². The van der Waals surface area contributed by atoms with Gasteiger partial charge < -0.3 is 11.2 Å². The third-order valence-electron chi connectivity index (χ3n) is 3.91. The number of aryl methyl sites for hydroxylation is 1. The molecule has 140 valence electrons. The van der Waals surface area contributed by atoms with Crippen LogP contribution in [0.5, 0.6) is 0 Å². The Kier molecular flexibility index (Phi) is 6.73. The lowest BCUT2D eigenvalue weighted by Crippen LogP contribution is -2.26. The monoisotopic (exact) mass is 401 g/mol. The molecule has 0 spiro atoms. The summed E-state index contributed by atoms with van der Waals surface area (Å²) in [6, 6.07) is 17.4. The molecule has 1 aromatic heterocycles. The highest BCUT2D eigenvalue weighted by atomic mass is 35.5. The van der Waals surface area contributed by atoms with E-state index in [2.05, 4.69) is 27.6 Å². The topological polar surface area (TPSA) is 85.8 Å². The van der Waals surface area contributed by atoms with Crippen LogP contribution in [-0.2, 0) is 11.2 Å². The van der Waals surface area contributed by atoms with Crippen LogP contribution in [0.4, 0.5) is 0 Å². The van der Waals surface area contributed by atoms with E-state index >= 15 is 0 Å². The molecule has 0 atom stereocenters. The van der Waals surface area contributed by atoms with Gasteiger partial charge in [-0.25, -0.2) is 4.68 Å². The minimum absolute atomic E-state index is 0.0518. The minimum Gasteiger partial charge on any atom is -0.355 e. The molecule has 0 bridgehead atoms. The second kappa shape index (κ2) is 9.43. The summed E-state index contributed by atoms with van der Waals surface area (Å²) in [6.45, 7) is 0.639. The van der Waals surface area contributed by atoms with Gasteiger partial charge in [-0.05, 0) is 42.7 Å². The van der Waals surface area contributed by atoms with E-state index in [0.717, 1.165) is 18.4 Å². The van der Waals surface area contributed by atoms with Crippen molar-refractivity contribution >= 4 is 29.3 Å². The average molecular weight is 402 g/mol. The summed E-state index contributed by atoms with van der Waals surface area (Å²) < 4.78 is 1.39.